The molecular formula is C23H26N4O4S2. The van der Waals surface area contributed by atoms with Crippen LogP contribution in [0.2, 0.25) is 0 Å². The van der Waals surface area contributed by atoms with E-state index in [-0.39, 0.29) is 17.2 Å². The Bertz CT molecular complexity index is 1230. The molecule has 1 fully saturated rings. The van der Waals surface area contributed by atoms with Gasteiger partial charge in [-0.1, -0.05) is 11.8 Å². The van der Waals surface area contributed by atoms with Crippen molar-refractivity contribution in [2.45, 2.75) is 18.1 Å². The first-order valence-corrected chi connectivity index (χ1v) is 12.7. The van der Waals surface area contributed by atoms with Crippen molar-refractivity contribution in [1.29, 1.82) is 0 Å². The highest BCUT2D eigenvalue weighted by molar-refractivity contribution is 7.99. The largest absolute Gasteiger partial charge is 0.497 e. The fourth-order valence-corrected chi connectivity index (χ4v) is 6.49. The van der Waals surface area contributed by atoms with Crippen LogP contribution in [0.3, 0.4) is 0 Å². The van der Waals surface area contributed by atoms with Crippen LogP contribution in [0.5, 0.6) is 5.75 Å². The number of carbonyl (C=O) groups is 1. The molecule has 0 aliphatic carbocycles. The first-order chi connectivity index (χ1) is 16.0. The standard InChI is InChI=1S/C23H26N4O4S2/c1-25-8-7-17-18(13-25)33-21-20(17)22(29)27(15-3-5-16(30-2)6-4-15)23(24-21)32-14-19(28)26-9-11-31-12-10-26/h3-6H,7-14H2,1-2H3. The number of fused-ring (bicyclic) bond motifs is 3. The number of likely N-dealkylation sites (N-methyl/N-ethyl adjacent to an activating group) is 1. The number of amides is 1. The normalized spacial score (nSPS) is 16.7. The van der Waals surface area contributed by atoms with E-state index in [4.69, 9.17) is 14.5 Å². The fraction of sp³-hybridized carbons (Fsp3) is 0.435. The predicted molar refractivity (Wildman–Crippen MR) is 130 cm³/mol. The topological polar surface area (TPSA) is 76.9 Å². The zero-order valence-electron chi connectivity index (χ0n) is 18.7. The predicted octanol–water partition coefficient (Wildman–Crippen LogP) is 2.39. The molecule has 3 aromatic rings. The zero-order chi connectivity index (χ0) is 22.9. The summed E-state index contributed by atoms with van der Waals surface area (Å²) in [4.78, 5) is 37.5. The molecule has 0 spiro atoms. The molecule has 0 atom stereocenters. The second-order valence-electron chi connectivity index (χ2n) is 8.19. The average Bonchev–Trinajstić information content (AvgIpc) is 3.20. The summed E-state index contributed by atoms with van der Waals surface area (Å²) in [7, 11) is 3.71. The van der Waals surface area contributed by atoms with Crippen molar-refractivity contribution in [1.82, 2.24) is 19.4 Å². The molecule has 2 aromatic heterocycles. The lowest BCUT2D eigenvalue weighted by atomic mass is 10.1. The van der Waals surface area contributed by atoms with E-state index in [9.17, 15) is 9.59 Å². The van der Waals surface area contributed by atoms with E-state index >= 15 is 0 Å². The highest BCUT2D eigenvalue weighted by Crippen LogP contribution is 2.34. The van der Waals surface area contributed by atoms with Gasteiger partial charge in [-0.25, -0.2) is 4.98 Å². The molecule has 1 saturated heterocycles. The smallest absolute Gasteiger partial charge is 0.267 e. The molecule has 2 aliphatic heterocycles. The highest BCUT2D eigenvalue weighted by Gasteiger charge is 2.25. The number of hydrogen-bond donors (Lipinski definition) is 0. The van der Waals surface area contributed by atoms with E-state index in [0.29, 0.717) is 48.3 Å². The Balaban J connectivity index is 1.56. The third kappa shape index (κ3) is 4.40. The number of thiophene rings is 1. The Labute approximate surface area is 200 Å². The van der Waals surface area contributed by atoms with E-state index in [1.807, 2.05) is 29.2 Å². The van der Waals surface area contributed by atoms with Crippen LogP contribution in [0.25, 0.3) is 15.9 Å². The molecule has 2 aliphatic rings. The summed E-state index contributed by atoms with van der Waals surface area (Å²) in [6, 6.07) is 7.37. The van der Waals surface area contributed by atoms with Crippen LogP contribution < -0.4 is 10.3 Å². The lowest BCUT2D eigenvalue weighted by Crippen LogP contribution is -2.41. The number of ether oxygens (including phenoxy) is 2. The van der Waals surface area contributed by atoms with Crippen LogP contribution in [-0.2, 0) is 22.5 Å². The van der Waals surface area contributed by atoms with Crippen molar-refractivity contribution >= 4 is 39.2 Å². The van der Waals surface area contributed by atoms with Gasteiger partial charge in [-0.3, -0.25) is 14.2 Å². The van der Waals surface area contributed by atoms with E-state index in [0.717, 1.165) is 29.9 Å². The van der Waals surface area contributed by atoms with Gasteiger partial charge in [0.15, 0.2) is 5.16 Å². The number of rotatable bonds is 5. The lowest BCUT2D eigenvalue weighted by Gasteiger charge is -2.26. The second-order valence-corrected chi connectivity index (χ2v) is 10.2. The quantitative estimate of drug-likeness (QED) is 0.405. The number of aromatic nitrogens is 2. The van der Waals surface area contributed by atoms with Crippen molar-refractivity contribution < 1.29 is 14.3 Å². The molecule has 0 radical (unpaired) electrons. The Morgan fingerprint density at radius 3 is 2.70 bits per heavy atom. The number of hydrogen-bond acceptors (Lipinski definition) is 8. The monoisotopic (exact) mass is 486 g/mol. The minimum absolute atomic E-state index is 0.0334. The van der Waals surface area contributed by atoms with E-state index in [1.165, 1.54) is 16.6 Å². The molecule has 5 rings (SSSR count). The lowest BCUT2D eigenvalue weighted by molar-refractivity contribution is -0.132. The Morgan fingerprint density at radius 2 is 1.97 bits per heavy atom. The maximum atomic E-state index is 13.8. The summed E-state index contributed by atoms with van der Waals surface area (Å²) in [5.74, 6) is 0.974. The van der Waals surface area contributed by atoms with Gasteiger partial charge in [0.2, 0.25) is 5.91 Å². The van der Waals surface area contributed by atoms with Crippen LogP contribution in [0.1, 0.15) is 10.4 Å². The number of thioether (sulfide) groups is 1. The SMILES string of the molecule is COc1ccc(-n2c(SCC(=O)N3CCOCC3)nc3sc4c(c3c2=O)CCN(C)C4)cc1. The molecular weight excluding hydrogens is 460 g/mol. The maximum absolute atomic E-state index is 13.8. The molecule has 0 saturated carbocycles. The van der Waals surface area contributed by atoms with Crippen LogP contribution in [-0.4, -0.2) is 78.0 Å². The number of benzene rings is 1. The summed E-state index contributed by atoms with van der Waals surface area (Å²) in [5.41, 5.74) is 1.76. The van der Waals surface area contributed by atoms with Gasteiger partial charge in [0.25, 0.3) is 5.56 Å². The minimum atomic E-state index is -0.0754. The molecule has 0 N–H and O–H groups in total. The molecule has 0 unspecified atom stereocenters. The molecule has 1 amide bonds. The average molecular weight is 487 g/mol. The van der Waals surface area contributed by atoms with Gasteiger partial charge < -0.3 is 19.3 Å². The van der Waals surface area contributed by atoms with Gasteiger partial charge in [0.05, 0.1) is 37.2 Å². The van der Waals surface area contributed by atoms with Crippen molar-refractivity contribution in [2.75, 3.05) is 52.8 Å². The van der Waals surface area contributed by atoms with Gasteiger partial charge in [-0.15, -0.1) is 11.3 Å². The fourth-order valence-electron chi connectivity index (χ4n) is 4.24. The van der Waals surface area contributed by atoms with E-state index < -0.39 is 0 Å². The van der Waals surface area contributed by atoms with Gasteiger partial charge in [-0.2, -0.15) is 0 Å². The third-order valence-corrected chi connectivity index (χ3v) is 8.09. The van der Waals surface area contributed by atoms with E-state index in [2.05, 4.69) is 11.9 Å². The van der Waals surface area contributed by atoms with Crippen molar-refractivity contribution in [3.8, 4) is 11.4 Å². The van der Waals surface area contributed by atoms with Crippen molar-refractivity contribution in [3.63, 3.8) is 0 Å². The summed E-state index contributed by atoms with van der Waals surface area (Å²) < 4.78 is 12.3. The maximum Gasteiger partial charge on any atom is 0.267 e. The third-order valence-electron chi connectivity index (χ3n) is 6.05. The Kier molecular flexibility index (Phi) is 6.42. The van der Waals surface area contributed by atoms with Crippen molar-refractivity contribution in [2.24, 2.45) is 0 Å². The number of carbonyl (C=O) groups excluding carboxylic acids is 1. The first kappa shape index (κ1) is 22.4. The molecule has 174 valence electrons. The second kappa shape index (κ2) is 9.46. The van der Waals surface area contributed by atoms with Crippen LogP contribution in [0.15, 0.2) is 34.2 Å². The van der Waals surface area contributed by atoms with Crippen molar-refractivity contribution in [3.05, 3.63) is 45.1 Å². The summed E-state index contributed by atoms with van der Waals surface area (Å²) in [6.45, 7) is 4.07. The molecule has 4 heterocycles. The summed E-state index contributed by atoms with van der Waals surface area (Å²) in [6.07, 6.45) is 0.841. The summed E-state index contributed by atoms with van der Waals surface area (Å²) >= 11 is 2.91. The van der Waals surface area contributed by atoms with Crippen LogP contribution in [0.4, 0.5) is 0 Å². The van der Waals surface area contributed by atoms with Gasteiger partial charge in [-0.05, 0) is 43.3 Å². The molecule has 33 heavy (non-hydrogen) atoms. The van der Waals surface area contributed by atoms with Gasteiger partial charge in [0.1, 0.15) is 10.6 Å². The van der Waals surface area contributed by atoms with Crippen LogP contribution in [0, 0.1) is 0 Å². The number of methoxy groups -OCH3 is 1. The molecule has 8 nitrogen and oxygen atoms in total. The molecule has 1 aromatic carbocycles. The van der Waals surface area contributed by atoms with Gasteiger partial charge in [0, 0.05) is 31.1 Å². The molecule has 0 bridgehead atoms. The summed E-state index contributed by atoms with van der Waals surface area (Å²) in [5, 5.41) is 1.24. The highest BCUT2D eigenvalue weighted by atomic mass is 32.2. The molecule has 10 heteroatoms. The van der Waals surface area contributed by atoms with E-state index in [1.54, 1.807) is 23.0 Å². The van der Waals surface area contributed by atoms with Crippen LogP contribution >= 0.6 is 23.1 Å². The Hall–Kier alpha value is -2.40. The first-order valence-electron chi connectivity index (χ1n) is 10.9. The van der Waals surface area contributed by atoms with Gasteiger partial charge >= 0.3 is 0 Å². The zero-order valence-corrected chi connectivity index (χ0v) is 20.3. The Morgan fingerprint density at radius 1 is 1.21 bits per heavy atom. The number of nitrogens with zero attached hydrogens (tertiary/aromatic N) is 4. The number of morpholine rings is 1. The minimum Gasteiger partial charge on any atom is -0.497 e.